The molecule has 0 saturated carbocycles. The number of nitrogens with one attached hydrogen (secondary N) is 1. The first-order chi connectivity index (χ1) is 5.66. The zero-order valence-electron chi connectivity index (χ0n) is 6.07. The normalized spacial score (nSPS) is 10.8. The zero-order chi connectivity index (χ0) is 8.72. The van der Waals surface area contributed by atoms with Crippen LogP contribution in [0.15, 0.2) is 27.1 Å². The molecule has 0 spiro atoms. The fourth-order valence-electron chi connectivity index (χ4n) is 1.18. The van der Waals surface area contributed by atoms with E-state index in [0.717, 1.165) is 19.8 Å². The summed E-state index contributed by atoms with van der Waals surface area (Å²) in [5.41, 5.74) is 6.65. The minimum absolute atomic E-state index is 0.684. The second-order valence-corrected chi connectivity index (χ2v) is 4.34. The van der Waals surface area contributed by atoms with E-state index in [0.29, 0.717) is 5.82 Å². The van der Waals surface area contributed by atoms with Gasteiger partial charge in [0.05, 0.1) is 0 Å². The molecule has 0 unspecified atom stereocenters. The van der Waals surface area contributed by atoms with Gasteiger partial charge in [0.2, 0.25) is 0 Å². The van der Waals surface area contributed by atoms with Crippen molar-refractivity contribution in [3.63, 3.8) is 0 Å². The van der Waals surface area contributed by atoms with Crippen LogP contribution in [0.1, 0.15) is 0 Å². The van der Waals surface area contributed by atoms with E-state index in [1.54, 1.807) is 0 Å². The van der Waals surface area contributed by atoms with Gasteiger partial charge in [0.25, 0.3) is 0 Å². The highest BCUT2D eigenvalue weighted by Crippen LogP contribution is 2.29. The lowest BCUT2D eigenvalue weighted by Crippen LogP contribution is -1.80. The Balaban J connectivity index is 2.88. The van der Waals surface area contributed by atoms with Crippen molar-refractivity contribution in [3.8, 4) is 0 Å². The molecular formula is C8H6Br2N2. The zero-order valence-corrected chi connectivity index (χ0v) is 9.24. The van der Waals surface area contributed by atoms with Gasteiger partial charge in [-0.05, 0) is 18.2 Å². The minimum Gasteiger partial charge on any atom is -0.385 e. The van der Waals surface area contributed by atoms with E-state index in [-0.39, 0.29) is 0 Å². The first-order valence-electron chi connectivity index (χ1n) is 3.40. The Labute approximate surface area is 86.4 Å². The Morgan fingerprint density at radius 3 is 2.67 bits per heavy atom. The van der Waals surface area contributed by atoms with E-state index in [9.17, 15) is 0 Å². The molecule has 3 N–H and O–H groups in total. The molecule has 0 aliphatic rings. The lowest BCUT2D eigenvalue weighted by atomic mass is 10.2. The van der Waals surface area contributed by atoms with Crippen molar-refractivity contribution in [3.05, 3.63) is 27.1 Å². The average Bonchev–Trinajstić information content (AvgIpc) is 2.29. The highest BCUT2D eigenvalue weighted by molar-refractivity contribution is 9.11. The second kappa shape index (κ2) is 2.78. The molecule has 2 rings (SSSR count). The molecule has 0 radical (unpaired) electrons. The summed E-state index contributed by atoms with van der Waals surface area (Å²) in [5.74, 6) is 0.684. The van der Waals surface area contributed by atoms with E-state index in [4.69, 9.17) is 5.73 Å². The number of nitrogen functional groups attached to an aromatic ring is 1. The van der Waals surface area contributed by atoms with Gasteiger partial charge >= 0.3 is 0 Å². The van der Waals surface area contributed by atoms with Gasteiger partial charge in [-0.1, -0.05) is 31.9 Å². The smallest absolute Gasteiger partial charge is 0.101 e. The molecular weight excluding hydrogens is 284 g/mol. The van der Waals surface area contributed by atoms with Crippen molar-refractivity contribution in [2.45, 2.75) is 0 Å². The molecule has 1 aromatic heterocycles. The Bertz CT molecular complexity index is 434. The number of rotatable bonds is 0. The predicted octanol–water partition coefficient (Wildman–Crippen LogP) is 3.28. The minimum atomic E-state index is 0.684. The van der Waals surface area contributed by atoms with Crippen molar-refractivity contribution in [2.75, 3.05) is 5.73 Å². The fraction of sp³-hybridized carbons (Fsp3) is 0. The number of nitrogens with two attached hydrogens (primary N) is 1. The molecule has 0 fully saturated rings. The van der Waals surface area contributed by atoms with Gasteiger partial charge < -0.3 is 10.7 Å². The Kier molecular flexibility index (Phi) is 1.88. The van der Waals surface area contributed by atoms with Crippen LogP contribution >= 0.6 is 31.9 Å². The summed E-state index contributed by atoms with van der Waals surface area (Å²) >= 11 is 6.86. The number of fused-ring (bicyclic) bond motifs is 1. The van der Waals surface area contributed by atoms with Crippen LogP contribution in [0.25, 0.3) is 10.9 Å². The van der Waals surface area contributed by atoms with Gasteiger partial charge in [0, 0.05) is 19.8 Å². The summed E-state index contributed by atoms with van der Waals surface area (Å²) in [5, 5.41) is 1.11. The van der Waals surface area contributed by atoms with Gasteiger partial charge in [-0.25, -0.2) is 0 Å². The van der Waals surface area contributed by atoms with Crippen LogP contribution in [0.5, 0.6) is 0 Å². The molecule has 1 heterocycles. The van der Waals surface area contributed by atoms with Gasteiger partial charge in [0.1, 0.15) is 5.82 Å². The first-order valence-corrected chi connectivity index (χ1v) is 4.98. The summed E-state index contributed by atoms with van der Waals surface area (Å²) in [7, 11) is 0. The van der Waals surface area contributed by atoms with Crippen LogP contribution in [-0.2, 0) is 0 Å². The molecule has 4 heteroatoms. The summed E-state index contributed by atoms with van der Waals surface area (Å²) in [4.78, 5) is 3.06. The number of aromatic nitrogens is 1. The predicted molar refractivity (Wildman–Crippen MR) is 58.1 cm³/mol. The summed E-state index contributed by atoms with van der Waals surface area (Å²) < 4.78 is 2.07. The number of H-pyrrole nitrogens is 1. The third kappa shape index (κ3) is 1.25. The van der Waals surface area contributed by atoms with E-state index in [2.05, 4.69) is 36.8 Å². The van der Waals surface area contributed by atoms with Crippen LogP contribution in [0.4, 0.5) is 5.82 Å². The largest absolute Gasteiger partial charge is 0.385 e. The highest BCUT2D eigenvalue weighted by Gasteiger charge is 2.02. The van der Waals surface area contributed by atoms with E-state index >= 15 is 0 Å². The van der Waals surface area contributed by atoms with Crippen molar-refractivity contribution < 1.29 is 0 Å². The first kappa shape index (κ1) is 8.13. The monoisotopic (exact) mass is 288 g/mol. The number of hydrogen-bond acceptors (Lipinski definition) is 1. The van der Waals surface area contributed by atoms with Gasteiger partial charge in [-0.15, -0.1) is 0 Å². The Morgan fingerprint density at radius 2 is 1.92 bits per heavy atom. The number of benzene rings is 1. The second-order valence-electron chi connectivity index (χ2n) is 2.57. The van der Waals surface area contributed by atoms with E-state index < -0.39 is 0 Å². The number of anilines is 1. The fourth-order valence-corrected chi connectivity index (χ4v) is 2.52. The number of aromatic amines is 1. The standard InChI is InChI=1S/C8H6Br2N2/c9-4-1-6(10)5-3-8(11)12-7(5)2-4/h1-3,12H,11H2. The van der Waals surface area contributed by atoms with Crippen molar-refractivity contribution >= 4 is 48.6 Å². The maximum Gasteiger partial charge on any atom is 0.101 e. The van der Waals surface area contributed by atoms with Gasteiger partial charge in [0.15, 0.2) is 0 Å². The molecule has 2 aromatic rings. The van der Waals surface area contributed by atoms with Crippen LogP contribution in [0.3, 0.4) is 0 Å². The number of hydrogen-bond donors (Lipinski definition) is 2. The van der Waals surface area contributed by atoms with Gasteiger partial charge in [-0.2, -0.15) is 0 Å². The number of halogens is 2. The third-order valence-electron chi connectivity index (χ3n) is 1.67. The topological polar surface area (TPSA) is 41.8 Å². The summed E-state index contributed by atoms with van der Waals surface area (Å²) in [6.45, 7) is 0. The molecule has 1 aromatic carbocycles. The van der Waals surface area contributed by atoms with Crippen molar-refractivity contribution in [1.82, 2.24) is 4.98 Å². The maximum atomic E-state index is 5.62. The highest BCUT2D eigenvalue weighted by atomic mass is 79.9. The molecule has 0 saturated heterocycles. The van der Waals surface area contributed by atoms with Crippen LogP contribution in [0, 0.1) is 0 Å². The molecule has 62 valence electrons. The van der Waals surface area contributed by atoms with Gasteiger partial charge in [-0.3, -0.25) is 0 Å². The summed E-state index contributed by atoms with van der Waals surface area (Å²) in [6, 6.07) is 5.90. The van der Waals surface area contributed by atoms with Crippen molar-refractivity contribution in [1.29, 1.82) is 0 Å². The molecule has 0 amide bonds. The van der Waals surface area contributed by atoms with E-state index in [1.165, 1.54) is 0 Å². The van der Waals surface area contributed by atoms with E-state index in [1.807, 2.05) is 18.2 Å². The van der Waals surface area contributed by atoms with Crippen LogP contribution in [-0.4, -0.2) is 4.98 Å². The lowest BCUT2D eigenvalue weighted by Gasteiger charge is -1.94. The van der Waals surface area contributed by atoms with Crippen LogP contribution in [0.2, 0.25) is 0 Å². The molecule has 12 heavy (non-hydrogen) atoms. The molecule has 0 aliphatic heterocycles. The lowest BCUT2D eigenvalue weighted by molar-refractivity contribution is 1.47. The average molecular weight is 290 g/mol. The Morgan fingerprint density at radius 1 is 1.17 bits per heavy atom. The van der Waals surface area contributed by atoms with Crippen molar-refractivity contribution in [2.24, 2.45) is 0 Å². The molecule has 0 bridgehead atoms. The maximum absolute atomic E-state index is 5.62. The Hall–Kier alpha value is -0.480. The molecule has 0 aliphatic carbocycles. The molecule has 2 nitrogen and oxygen atoms in total. The third-order valence-corrected chi connectivity index (χ3v) is 2.79. The summed E-state index contributed by atoms with van der Waals surface area (Å²) in [6.07, 6.45) is 0. The molecule has 0 atom stereocenters. The van der Waals surface area contributed by atoms with Crippen LogP contribution < -0.4 is 5.73 Å². The quantitative estimate of drug-likeness (QED) is 0.768. The SMILES string of the molecule is Nc1cc2c(Br)cc(Br)cc2[nH]1.